The van der Waals surface area contributed by atoms with Crippen LogP contribution in [-0.2, 0) is 6.54 Å². The van der Waals surface area contributed by atoms with Gasteiger partial charge in [-0.05, 0) is 25.1 Å². The second-order valence-electron chi connectivity index (χ2n) is 4.53. The first-order chi connectivity index (χ1) is 9.63. The van der Waals surface area contributed by atoms with Crippen molar-refractivity contribution < 1.29 is 0 Å². The number of rotatable bonds is 3. The second-order valence-corrected chi connectivity index (χ2v) is 5.35. The van der Waals surface area contributed by atoms with Crippen LogP contribution in [0.2, 0.25) is 10.0 Å². The summed E-state index contributed by atoms with van der Waals surface area (Å²) < 4.78 is 3.96. The average molecular weight is 380 g/mol. The van der Waals surface area contributed by atoms with Crippen LogP contribution in [0.3, 0.4) is 0 Å². The zero-order valence-electron chi connectivity index (χ0n) is 11.6. The van der Waals surface area contributed by atoms with Crippen molar-refractivity contribution in [3.63, 3.8) is 0 Å². The Morgan fingerprint density at radius 3 is 2.50 bits per heavy atom. The van der Waals surface area contributed by atoms with Crippen molar-refractivity contribution >= 4 is 48.0 Å². The predicted molar refractivity (Wildman–Crippen MR) is 94.1 cm³/mol. The Balaban J connectivity index is 0.00000121. The lowest BCUT2D eigenvalue weighted by Crippen LogP contribution is -2.00. The van der Waals surface area contributed by atoms with Crippen LogP contribution >= 0.6 is 48.0 Å². The molecule has 4 nitrogen and oxygen atoms in total. The third-order valence-electron chi connectivity index (χ3n) is 3.09. The number of imidazole rings is 2. The normalized spacial score (nSPS) is 9.95. The van der Waals surface area contributed by atoms with E-state index < -0.39 is 0 Å². The highest BCUT2D eigenvalue weighted by atomic mass is 35.5. The molecule has 0 aliphatic carbocycles. The van der Waals surface area contributed by atoms with Gasteiger partial charge in [-0.3, -0.25) is 0 Å². The highest BCUT2D eigenvalue weighted by Crippen LogP contribution is 2.24. The molecule has 2 aromatic heterocycles. The molecule has 0 spiro atoms. The Morgan fingerprint density at radius 1 is 1.09 bits per heavy atom. The number of nitrogens with zero attached hydrogens (tertiary/aromatic N) is 4. The first-order valence-electron chi connectivity index (χ1n) is 6.08. The van der Waals surface area contributed by atoms with Crippen molar-refractivity contribution in [2.75, 3.05) is 0 Å². The van der Waals surface area contributed by atoms with Crippen LogP contribution < -0.4 is 0 Å². The zero-order chi connectivity index (χ0) is 14.1. The van der Waals surface area contributed by atoms with Crippen LogP contribution in [0.25, 0.3) is 5.69 Å². The van der Waals surface area contributed by atoms with E-state index in [1.54, 1.807) is 18.7 Å². The van der Waals surface area contributed by atoms with Gasteiger partial charge in [-0.2, -0.15) is 0 Å². The number of hydrogen-bond acceptors (Lipinski definition) is 2. The van der Waals surface area contributed by atoms with E-state index in [4.69, 9.17) is 23.2 Å². The van der Waals surface area contributed by atoms with Gasteiger partial charge >= 0.3 is 0 Å². The molecule has 8 heteroatoms. The predicted octanol–water partition coefficient (Wildman–Crippen LogP) is 4.58. The monoisotopic (exact) mass is 378 g/mol. The third-order valence-corrected chi connectivity index (χ3v) is 3.83. The Hall–Kier alpha value is -1.20. The molecule has 0 aliphatic rings. The maximum absolute atomic E-state index is 6.03. The van der Waals surface area contributed by atoms with Crippen LogP contribution in [0.4, 0.5) is 0 Å². The number of benzene rings is 1. The molecule has 118 valence electrons. The highest BCUT2D eigenvalue weighted by molar-refractivity contribution is 6.42. The topological polar surface area (TPSA) is 35.6 Å². The van der Waals surface area contributed by atoms with Gasteiger partial charge in [0.2, 0.25) is 0 Å². The fraction of sp³-hybridized carbons (Fsp3) is 0.143. The summed E-state index contributed by atoms with van der Waals surface area (Å²) in [6, 6.07) is 5.50. The molecule has 3 rings (SSSR count). The molecule has 1 aromatic carbocycles. The van der Waals surface area contributed by atoms with Crippen LogP contribution in [0, 0.1) is 6.92 Å². The van der Waals surface area contributed by atoms with E-state index >= 15 is 0 Å². The SMILES string of the molecule is Cc1cncn1Cc1cn(-c2ccc(Cl)c(Cl)c2)cn1.Cl.Cl. The molecule has 0 radical (unpaired) electrons. The van der Waals surface area contributed by atoms with Crippen molar-refractivity contribution in [2.45, 2.75) is 13.5 Å². The smallest absolute Gasteiger partial charge is 0.0996 e. The Kier molecular flexibility index (Phi) is 6.75. The van der Waals surface area contributed by atoms with E-state index in [9.17, 15) is 0 Å². The third kappa shape index (κ3) is 3.96. The first kappa shape index (κ1) is 18.8. The van der Waals surface area contributed by atoms with Crippen molar-refractivity contribution in [1.29, 1.82) is 0 Å². The molecule has 0 fully saturated rings. The molecule has 0 unspecified atom stereocenters. The van der Waals surface area contributed by atoms with E-state index in [1.807, 2.05) is 40.6 Å². The Labute approximate surface area is 150 Å². The fourth-order valence-corrected chi connectivity index (χ4v) is 2.25. The van der Waals surface area contributed by atoms with Gasteiger partial charge in [0.15, 0.2) is 0 Å². The van der Waals surface area contributed by atoms with Crippen molar-refractivity contribution in [1.82, 2.24) is 19.1 Å². The van der Waals surface area contributed by atoms with Gasteiger partial charge in [0.25, 0.3) is 0 Å². The van der Waals surface area contributed by atoms with Crippen LogP contribution in [0.15, 0.2) is 43.2 Å². The molecule has 0 bridgehead atoms. The quantitative estimate of drug-likeness (QED) is 0.667. The molecule has 0 N–H and O–H groups in total. The average Bonchev–Trinajstić information content (AvgIpc) is 3.04. The van der Waals surface area contributed by atoms with Crippen LogP contribution in [0.5, 0.6) is 0 Å². The van der Waals surface area contributed by atoms with E-state index in [2.05, 4.69) is 9.97 Å². The molecule has 2 heterocycles. The van der Waals surface area contributed by atoms with Crippen LogP contribution in [0.1, 0.15) is 11.4 Å². The van der Waals surface area contributed by atoms with Gasteiger partial charge in [0, 0.05) is 23.8 Å². The summed E-state index contributed by atoms with van der Waals surface area (Å²) in [5.41, 5.74) is 2.99. The fourth-order valence-electron chi connectivity index (χ4n) is 1.96. The van der Waals surface area contributed by atoms with Crippen molar-refractivity contribution in [3.8, 4) is 5.69 Å². The molecule has 0 saturated carbocycles. The van der Waals surface area contributed by atoms with E-state index in [0.29, 0.717) is 16.6 Å². The minimum atomic E-state index is 0. The minimum Gasteiger partial charge on any atom is -0.329 e. The van der Waals surface area contributed by atoms with E-state index in [1.165, 1.54) is 0 Å². The van der Waals surface area contributed by atoms with Gasteiger partial charge in [0.05, 0.1) is 34.9 Å². The van der Waals surface area contributed by atoms with Crippen molar-refractivity contribution in [3.05, 3.63) is 64.7 Å². The summed E-state index contributed by atoms with van der Waals surface area (Å²) >= 11 is 11.9. The minimum absolute atomic E-state index is 0. The van der Waals surface area contributed by atoms with Gasteiger partial charge < -0.3 is 9.13 Å². The first-order valence-corrected chi connectivity index (χ1v) is 6.84. The van der Waals surface area contributed by atoms with Gasteiger partial charge in [-0.25, -0.2) is 9.97 Å². The standard InChI is InChI=1S/C14H12Cl2N4.2ClH/c1-10-5-17-8-19(10)6-11-7-20(9-18-11)12-2-3-13(15)14(16)4-12;;/h2-5,7-9H,6H2,1H3;2*1H. The maximum atomic E-state index is 6.03. The Morgan fingerprint density at radius 2 is 1.86 bits per heavy atom. The summed E-state index contributed by atoms with van der Waals surface area (Å²) in [4.78, 5) is 8.50. The summed E-state index contributed by atoms with van der Waals surface area (Å²) in [5, 5.41) is 1.08. The summed E-state index contributed by atoms with van der Waals surface area (Å²) in [5.74, 6) is 0. The Bertz CT molecular complexity index is 751. The molecule has 0 aliphatic heterocycles. The largest absolute Gasteiger partial charge is 0.329 e. The second kappa shape index (κ2) is 7.88. The number of aryl methyl sites for hydroxylation is 1. The zero-order valence-corrected chi connectivity index (χ0v) is 14.8. The van der Waals surface area contributed by atoms with E-state index in [0.717, 1.165) is 17.1 Å². The number of halogens is 4. The molecule has 22 heavy (non-hydrogen) atoms. The number of hydrogen-bond donors (Lipinski definition) is 0. The van der Waals surface area contributed by atoms with Crippen LogP contribution in [-0.4, -0.2) is 19.1 Å². The highest BCUT2D eigenvalue weighted by Gasteiger charge is 2.05. The lowest BCUT2D eigenvalue weighted by molar-refractivity contribution is 0.753. The van der Waals surface area contributed by atoms with Gasteiger partial charge in [-0.1, -0.05) is 23.2 Å². The molecular weight excluding hydrogens is 366 g/mol. The van der Waals surface area contributed by atoms with Gasteiger partial charge in [-0.15, -0.1) is 24.8 Å². The summed E-state index contributed by atoms with van der Waals surface area (Å²) in [6.07, 6.45) is 7.36. The number of aromatic nitrogens is 4. The molecule has 3 aromatic rings. The lowest BCUT2D eigenvalue weighted by Gasteiger charge is -2.04. The molecule has 0 amide bonds. The van der Waals surface area contributed by atoms with E-state index in [-0.39, 0.29) is 24.8 Å². The molecular formula is C14H14Cl4N4. The summed E-state index contributed by atoms with van der Waals surface area (Å²) in [6.45, 7) is 2.71. The molecule has 0 saturated heterocycles. The maximum Gasteiger partial charge on any atom is 0.0996 e. The molecule has 0 atom stereocenters. The van der Waals surface area contributed by atoms with Gasteiger partial charge in [0.1, 0.15) is 0 Å². The lowest BCUT2D eigenvalue weighted by atomic mass is 10.3. The van der Waals surface area contributed by atoms with Crippen molar-refractivity contribution in [2.24, 2.45) is 0 Å². The summed E-state index contributed by atoms with van der Waals surface area (Å²) in [7, 11) is 0.